The van der Waals surface area contributed by atoms with Crippen molar-refractivity contribution in [3.05, 3.63) is 29.8 Å². The maximum atomic E-state index is 12.2. The molecule has 120 valence electrons. The molecular weight excluding hydrogens is 306 g/mol. The molecule has 1 aromatic carbocycles. The van der Waals surface area contributed by atoms with Crippen LogP contribution in [0.4, 0.5) is 0 Å². The number of esters is 1. The van der Waals surface area contributed by atoms with E-state index in [1.807, 2.05) is 0 Å². The Hall–Kier alpha value is -1.73. The van der Waals surface area contributed by atoms with Crippen LogP contribution < -0.4 is 4.74 Å². The number of hydrogen-bond donors (Lipinski definition) is 0. The number of carbonyl (C=O) groups excluding carboxylic acids is 2. The predicted molar refractivity (Wildman–Crippen MR) is 81.3 cm³/mol. The van der Waals surface area contributed by atoms with Gasteiger partial charge in [0.25, 0.3) is 0 Å². The van der Waals surface area contributed by atoms with Crippen LogP contribution in [0.25, 0.3) is 0 Å². The smallest absolute Gasteiger partial charge is 0.329 e. The lowest BCUT2D eigenvalue weighted by atomic mass is 10.1. The first kappa shape index (κ1) is 16.6. The summed E-state index contributed by atoms with van der Waals surface area (Å²) in [5.74, 6) is -0.358. The molecule has 1 unspecified atom stereocenters. The van der Waals surface area contributed by atoms with Crippen LogP contribution >= 0.6 is 0 Å². The molecule has 1 heterocycles. The van der Waals surface area contributed by atoms with E-state index < -0.39 is 22.0 Å². The van der Waals surface area contributed by atoms with Crippen molar-refractivity contribution < 1.29 is 22.7 Å². The van der Waals surface area contributed by atoms with Gasteiger partial charge in [-0.3, -0.25) is 4.79 Å². The molecule has 0 aliphatic carbocycles. The van der Waals surface area contributed by atoms with Crippen LogP contribution in [0.5, 0.6) is 5.75 Å². The second-order valence-corrected chi connectivity index (χ2v) is 7.32. The number of hydrogen-bond acceptors (Lipinski definition) is 5. The number of piperidine rings is 1. The summed E-state index contributed by atoms with van der Waals surface area (Å²) in [6.45, 7) is 1.79. The zero-order valence-electron chi connectivity index (χ0n) is 12.6. The van der Waals surface area contributed by atoms with Gasteiger partial charge in [-0.2, -0.15) is 4.31 Å². The van der Waals surface area contributed by atoms with E-state index in [9.17, 15) is 18.0 Å². The van der Waals surface area contributed by atoms with Gasteiger partial charge >= 0.3 is 5.97 Å². The first-order valence-corrected chi connectivity index (χ1v) is 8.93. The molecule has 1 atom stereocenters. The summed E-state index contributed by atoms with van der Waals surface area (Å²) in [4.78, 5) is 23.4. The molecule has 1 saturated heterocycles. The van der Waals surface area contributed by atoms with Gasteiger partial charge in [-0.05, 0) is 50.5 Å². The fraction of sp³-hybridized carbons (Fsp3) is 0.467. The molecule has 1 aromatic rings. The molecule has 7 heteroatoms. The van der Waals surface area contributed by atoms with Gasteiger partial charge in [-0.15, -0.1) is 0 Å². The lowest BCUT2D eigenvalue weighted by Gasteiger charge is -2.31. The third-order valence-corrected chi connectivity index (χ3v) is 4.92. The molecule has 22 heavy (non-hydrogen) atoms. The SMILES string of the molecule is CC(=O)c1ccc(OC(=O)C2CCCCN2S(C)(=O)=O)cc1. The minimum absolute atomic E-state index is 0.0755. The topological polar surface area (TPSA) is 80.8 Å². The molecule has 0 saturated carbocycles. The van der Waals surface area contributed by atoms with E-state index in [4.69, 9.17) is 4.74 Å². The maximum absolute atomic E-state index is 12.2. The summed E-state index contributed by atoms with van der Waals surface area (Å²) in [5, 5.41) is 0. The van der Waals surface area contributed by atoms with Crippen molar-refractivity contribution in [2.45, 2.75) is 32.2 Å². The fourth-order valence-corrected chi connectivity index (χ4v) is 3.59. The Morgan fingerprint density at radius 3 is 2.36 bits per heavy atom. The molecule has 6 nitrogen and oxygen atoms in total. The minimum atomic E-state index is -3.44. The third kappa shape index (κ3) is 3.92. The Bertz CT molecular complexity index is 666. The van der Waals surface area contributed by atoms with Gasteiger partial charge in [0.2, 0.25) is 10.0 Å². The molecule has 1 aliphatic heterocycles. The summed E-state index contributed by atoms with van der Waals surface area (Å²) >= 11 is 0. The summed E-state index contributed by atoms with van der Waals surface area (Å²) < 4.78 is 30.0. The third-order valence-electron chi connectivity index (χ3n) is 3.63. The number of benzene rings is 1. The Morgan fingerprint density at radius 2 is 1.82 bits per heavy atom. The second-order valence-electron chi connectivity index (χ2n) is 5.39. The molecule has 0 spiro atoms. The van der Waals surface area contributed by atoms with Crippen molar-refractivity contribution >= 4 is 21.8 Å². The molecule has 0 amide bonds. The highest BCUT2D eigenvalue weighted by atomic mass is 32.2. The Balaban J connectivity index is 2.11. The van der Waals surface area contributed by atoms with Crippen LogP contribution in [0.15, 0.2) is 24.3 Å². The normalized spacial score (nSPS) is 19.6. The Labute approximate surface area is 130 Å². The molecule has 0 aromatic heterocycles. The van der Waals surface area contributed by atoms with Crippen LogP contribution in [0.3, 0.4) is 0 Å². The highest BCUT2D eigenvalue weighted by molar-refractivity contribution is 7.88. The number of rotatable bonds is 4. The first-order chi connectivity index (χ1) is 10.3. The number of ketones is 1. The average molecular weight is 325 g/mol. The summed E-state index contributed by atoms with van der Waals surface area (Å²) in [6, 6.07) is 5.42. The number of Topliss-reactive ketones (excluding diaryl/α,β-unsaturated/α-hetero) is 1. The van der Waals surface area contributed by atoms with Crippen molar-refractivity contribution in [1.82, 2.24) is 4.31 Å². The first-order valence-electron chi connectivity index (χ1n) is 7.08. The fourth-order valence-electron chi connectivity index (χ4n) is 2.48. The van der Waals surface area contributed by atoms with Crippen LogP contribution in [-0.2, 0) is 14.8 Å². The van der Waals surface area contributed by atoms with Gasteiger partial charge in [-0.25, -0.2) is 13.2 Å². The van der Waals surface area contributed by atoms with Gasteiger partial charge in [0, 0.05) is 12.1 Å². The van der Waals surface area contributed by atoms with E-state index >= 15 is 0 Å². The Kier molecular flexibility index (Phi) is 4.97. The number of sulfonamides is 1. The van der Waals surface area contributed by atoms with Gasteiger partial charge in [0.15, 0.2) is 5.78 Å². The van der Waals surface area contributed by atoms with E-state index in [0.717, 1.165) is 19.1 Å². The zero-order chi connectivity index (χ0) is 16.3. The van der Waals surface area contributed by atoms with E-state index in [1.165, 1.54) is 23.4 Å². The van der Waals surface area contributed by atoms with E-state index in [2.05, 4.69) is 0 Å². The van der Waals surface area contributed by atoms with Crippen LogP contribution in [0.2, 0.25) is 0 Å². The van der Waals surface area contributed by atoms with Crippen molar-refractivity contribution in [3.8, 4) is 5.75 Å². The Morgan fingerprint density at radius 1 is 1.18 bits per heavy atom. The second kappa shape index (κ2) is 6.58. The highest BCUT2D eigenvalue weighted by Gasteiger charge is 2.35. The molecular formula is C15H19NO5S. The van der Waals surface area contributed by atoms with Crippen molar-refractivity contribution in [3.63, 3.8) is 0 Å². The monoisotopic (exact) mass is 325 g/mol. The predicted octanol–water partition coefficient (Wildman–Crippen LogP) is 1.61. The molecule has 2 rings (SSSR count). The molecule has 0 radical (unpaired) electrons. The van der Waals surface area contributed by atoms with Gasteiger partial charge in [0.1, 0.15) is 11.8 Å². The summed E-state index contributed by atoms with van der Waals surface area (Å²) in [5.41, 5.74) is 0.523. The molecule has 0 N–H and O–H groups in total. The lowest BCUT2D eigenvalue weighted by molar-refractivity contribution is -0.139. The van der Waals surface area contributed by atoms with Crippen LogP contribution in [0, 0.1) is 0 Å². The largest absolute Gasteiger partial charge is 0.425 e. The standard InChI is InChI=1S/C15H19NO5S/c1-11(17)12-6-8-13(9-7-12)21-15(18)14-5-3-4-10-16(14)22(2,19)20/h6-9,14H,3-5,10H2,1-2H3. The van der Waals surface area contributed by atoms with Crippen molar-refractivity contribution in [2.24, 2.45) is 0 Å². The summed E-state index contributed by atoms with van der Waals surface area (Å²) in [7, 11) is -3.44. The molecule has 0 bridgehead atoms. The van der Waals surface area contributed by atoms with Gasteiger partial charge in [-0.1, -0.05) is 0 Å². The average Bonchev–Trinajstić information content (AvgIpc) is 2.47. The number of nitrogens with zero attached hydrogens (tertiary/aromatic N) is 1. The van der Waals surface area contributed by atoms with Gasteiger partial charge < -0.3 is 4.74 Å². The van der Waals surface area contributed by atoms with E-state index in [1.54, 1.807) is 12.1 Å². The quantitative estimate of drug-likeness (QED) is 0.477. The van der Waals surface area contributed by atoms with Gasteiger partial charge in [0.05, 0.1) is 6.26 Å². The minimum Gasteiger partial charge on any atom is -0.425 e. The number of carbonyl (C=O) groups is 2. The molecule has 1 fully saturated rings. The highest BCUT2D eigenvalue weighted by Crippen LogP contribution is 2.22. The van der Waals surface area contributed by atoms with Crippen molar-refractivity contribution in [1.29, 1.82) is 0 Å². The van der Waals surface area contributed by atoms with Crippen molar-refractivity contribution in [2.75, 3.05) is 12.8 Å². The lowest BCUT2D eigenvalue weighted by Crippen LogP contribution is -2.48. The summed E-state index contributed by atoms with van der Waals surface area (Å²) in [6.07, 6.45) is 3.08. The number of ether oxygens (including phenoxy) is 1. The van der Waals surface area contributed by atoms with Crippen LogP contribution in [-0.4, -0.2) is 43.3 Å². The maximum Gasteiger partial charge on any atom is 0.329 e. The van der Waals surface area contributed by atoms with Crippen LogP contribution in [0.1, 0.15) is 36.5 Å². The van der Waals surface area contributed by atoms with E-state index in [-0.39, 0.29) is 5.78 Å². The zero-order valence-corrected chi connectivity index (χ0v) is 13.4. The van der Waals surface area contributed by atoms with E-state index in [0.29, 0.717) is 24.3 Å². The molecule has 1 aliphatic rings.